The molecule has 2 nitrogen and oxygen atoms in total. The molecule has 0 aromatic rings. The molecule has 3 rings (SSSR count). The summed E-state index contributed by atoms with van der Waals surface area (Å²) in [6.45, 7) is 2.81. The fourth-order valence-electron chi connectivity index (χ4n) is 4.39. The average Bonchev–Trinajstić information content (AvgIpc) is 2.73. The van der Waals surface area contributed by atoms with Crippen molar-refractivity contribution in [3.63, 3.8) is 0 Å². The first-order valence-electron chi connectivity index (χ1n) is 6.98. The van der Waals surface area contributed by atoms with Crippen LogP contribution in [0.15, 0.2) is 0 Å². The van der Waals surface area contributed by atoms with Crippen molar-refractivity contribution in [2.45, 2.75) is 38.0 Å². The third-order valence-corrected chi connectivity index (χ3v) is 5.48. The number of hydrogen-bond acceptors (Lipinski definition) is 1. The monoisotopic (exact) mass is 255 g/mol. The number of carbonyl (C=O) groups excluding carboxylic acids is 1. The molecule has 3 aliphatic rings. The predicted molar refractivity (Wildman–Crippen MR) is 68.9 cm³/mol. The van der Waals surface area contributed by atoms with Crippen molar-refractivity contribution in [1.29, 1.82) is 0 Å². The van der Waals surface area contributed by atoms with Gasteiger partial charge in [0.1, 0.15) is 0 Å². The molecule has 2 bridgehead atoms. The first-order valence-corrected chi connectivity index (χ1v) is 7.42. The summed E-state index contributed by atoms with van der Waals surface area (Å²) in [6.07, 6.45) is 5.09. The van der Waals surface area contributed by atoms with E-state index in [0.717, 1.165) is 36.6 Å². The molecule has 5 atom stereocenters. The van der Waals surface area contributed by atoms with Crippen molar-refractivity contribution >= 4 is 17.5 Å². The van der Waals surface area contributed by atoms with Gasteiger partial charge < -0.3 is 4.90 Å². The average molecular weight is 256 g/mol. The van der Waals surface area contributed by atoms with Gasteiger partial charge in [-0.25, -0.2) is 0 Å². The second-order valence-corrected chi connectivity index (χ2v) is 7.09. The third kappa shape index (κ3) is 1.89. The summed E-state index contributed by atoms with van der Waals surface area (Å²) in [5.74, 6) is 4.08. The van der Waals surface area contributed by atoms with Crippen LogP contribution in [0, 0.1) is 29.6 Å². The van der Waals surface area contributed by atoms with E-state index >= 15 is 0 Å². The van der Waals surface area contributed by atoms with Crippen LogP contribution in [-0.2, 0) is 4.79 Å². The second-order valence-electron chi connectivity index (χ2n) is 6.34. The maximum atomic E-state index is 12.3. The van der Waals surface area contributed by atoms with Crippen molar-refractivity contribution in [2.24, 2.45) is 29.6 Å². The van der Waals surface area contributed by atoms with Crippen molar-refractivity contribution in [3.05, 3.63) is 0 Å². The second kappa shape index (κ2) is 4.15. The number of alkyl halides is 1. The van der Waals surface area contributed by atoms with E-state index in [2.05, 4.69) is 0 Å². The fourth-order valence-corrected chi connectivity index (χ4v) is 4.49. The molecule has 0 spiro atoms. The molecule has 17 heavy (non-hydrogen) atoms. The summed E-state index contributed by atoms with van der Waals surface area (Å²) in [5, 5.41) is 0.167. The molecule has 1 amide bonds. The topological polar surface area (TPSA) is 20.3 Å². The number of halogens is 1. The van der Waals surface area contributed by atoms with Crippen LogP contribution >= 0.6 is 11.6 Å². The number of rotatable bonds is 4. The van der Waals surface area contributed by atoms with E-state index < -0.39 is 0 Å². The molecule has 0 aliphatic heterocycles. The van der Waals surface area contributed by atoms with Gasteiger partial charge in [-0.2, -0.15) is 0 Å². The van der Waals surface area contributed by atoms with Crippen LogP contribution in [0.4, 0.5) is 0 Å². The minimum atomic E-state index is 0.167. The Morgan fingerprint density at radius 3 is 2.47 bits per heavy atom. The van der Waals surface area contributed by atoms with Gasteiger partial charge in [-0.15, -0.1) is 11.6 Å². The van der Waals surface area contributed by atoms with E-state index in [9.17, 15) is 4.79 Å². The standard InChI is InChI=1S/C14H22ClNO/c1-8(15)5-6-16(2)14(17)13-11-9-3-4-10(7-9)12(11)13/h8-13H,3-7H2,1-2H3. The Balaban J connectivity index is 1.55. The zero-order valence-corrected chi connectivity index (χ0v) is 11.5. The van der Waals surface area contributed by atoms with Crippen LogP contribution in [0.1, 0.15) is 32.6 Å². The molecule has 96 valence electrons. The lowest BCUT2D eigenvalue weighted by atomic mass is 10.0. The minimum Gasteiger partial charge on any atom is -0.345 e. The quantitative estimate of drug-likeness (QED) is 0.708. The van der Waals surface area contributed by atoms with Gasteiger partial charge in [0.2, 0.25) is 5.91 Å². The van der Waals surface area contributed by atoms with E-state index in [-0.39, 0.29) is 5.38 Å². The van der Waals surface area contributed by atoms with Gasteiger partial charge in [0.05, 0.1) is 0 Å². The summed E-state index contributed by atoms with van der Waals surface area (Å²) in [4.78, 5) is 14.3. The number of nitrogens with zero attached hydrogens (tertiary/aromatic N) is 1. The lowest BCUT2D eigenvalue weighted by Crippen LogP contribution is -2.31. The zero-order chi connectivity index (χ0) is 12.2. The molecule has 0 saturated heterocycles. The van der Waals surface area contributed by atoms with Gasteiger partial charge in [0.25, 0.3) is 0 Å². The SMILES string of the molecule is CC(Cl)CCN(C)C(=O)C1C2C3CCC(C3)C12. The Bertz CT molecular complexity index is 314. The molecular formula is C14H22ClNO. The Kier molecular flexibility index (Phi) is 2.89. The van der Waals surface area contributed by atoms with E-state index in [1.165, 1.54) is 19.3 Å². The van der Waals surface area contributed by atoms with E-state index in [1.54, 1.807) is 0 Å². The number of fused-ring (bicyclic) bond motifs is 5. The molecule has 0 N–H and O–H groups in total. The van der Waals surface area contributed by atoms with E-state index in [0.29, 0.717) is 11.8 Å². The number of carbonyl (C=O) groups is 1. The third-order valence-electron chi connectivity index (χ3n) is 5.26. The minimum absolute atomic E-state index is 0.167. The summed E-state index contributed by atoms with van der Waals surface area (Å²) >= 11 is 5.94. The molecule has 0 aromatic heterocycles. The molecule has 0 radical (unpaired) electrons. The highest BCUT2D eigenvalue weighted by Crippen LogP contribution is 2.69. The molecule has 5 unspecified atom stereocenters. The largest absolute Gasteiger partial charge is 0.345 e. The molecule has 3 heteroatoms. The lowest BCUT2D eigenvalue weighted by molar-refractivity contribution is -0.132. The highest BCUT2D eigenvalue weighted by molar-refractivity contribution is 6.20. The highest BCUT2D eigenvalue weighted by atomic mass is 35.5. The number of amides is 1. The van der Waals surface area contributed by atoms with Crippen LogP contribution in [0.5, 0.6) is 0 Å². The van der Waals surface area contributed by atoms with Gasteiger partial charge in [-0.1, -0.05) is 0 Å². The summed E-state index contributed by atoms with van der Waals surface area (Å²) in [7, 11) is 1.94. The number of hydrogen-bond donors (Lipinski definition) is 0. The van der Waals surface area contributed by atoms with Gasteiger partial charge in [0, 0.05) is 24.9 Å². The zero-order valence-electron chi connectivity index (χ0n) is 10.7. The van der Waals surface area contributed by atoms with Crippen LogP contribution in [0.25, 0.3) is 0 Å². The maximum Gasteiger partial charge on any atom is 0.226 e. The Hall–Kier alpha value is -0.240. The van der Waals surface area contributed by atoms with Crippen LogP contribution < -0.4 is 0 Å². The molecule has 0 aromatic carbocycles. The van der Waals surface area contributed by atoms with Crippen molar-refractivity contribution < 1.29 is 4.79 Å². The predicted octanol–water partition coefficient (Wildman–Crippen LogP) is 2.75. The van der Waals surface area contributed by atoms with Crippen molar-refractivity contribution in [1.82, 2.24) is 4.90 Å². The Morgan fingerprint density at radius 1 is 1.35 bits per heavy atom. The lowest BCUT2D eigenvalue weighted by Gasteiger charge is -2.19. The molecule has 3 saturated carbocycles. The van der Waals surface area contributed by atoms with E-state index in [4.69, 9.17) is 11.6 Å². The summed E-state index contributed by atoms with van der Waals surface area (Å²) < 4.78 is 0. The molecule has 3 aliphatic carbocycles. The first kappa shape index (κ1) is 11.8. The summed E-state index contributed by atoms with van der Waals surface area (Å²) in [6, 6.07) is 0. The normalized spacial score (nSPS) is 43.4. The highest BCUT2D eigenvalue weighted by Gasteiger charge is 2.67. The van der Waals surface area contributed by atoms with Crippen molar-refractivity contribution in [3.8, 4) is 0 Å². The Labute approximate surface area is 109 Å². The van der Waals surface area contributed by atoms with E-state index in [1.807, 2.05) is 18.9 Å². The van der Waals surface area contributed by atoms with Gasteiger partial charge >= 0.3 is 0 Å². The smallest absolute Gasteiger partial charge is 0.226 e. The fraction of sp³-hybridized carbons (Fsp3) is 0.929. The molecule has 3 fully saturated rings. The maximum absolute atomic E-state index is 12.3. The molecule has 0 heterocycles. The van der Waals surface area contributed by atoms with Crippen LogP contribution in [-0.4, -0.2) is 29.8 Å². The van der Waals surface area contributed by atoms with Crippen LogP contribution in [0.2, 0.25) is 0 Å². The van der Waals surface area contributed by atoms with Gasteiger partial charge in [-0.05, 0) is 56.3 Å². The van der Waals surface area contributed by atoms with Gasteiger partial charge in [0.15, 0.2) is 0 Å². The van der Waals surface area contributed by atoms with Gasteiger partial charge in [-0.3, -0.25) is 4.79 Å². The first-order chi connectivity index (χ1) is 8.09. The van der Waals surface area contributed by atoms with Crippen molar-refractivity contribution in [2.75, 3.05) is 13.6 Å². The van der Waals surface area contributed by atoms with Crippen LogP contribution in [0.3, 0.4) is 0 Å². The Morgan fingerprint density at radius 2 is 1.94 bits per heavy atom. The molecular weight excluding hydrogens is 234 g/mol. The summed E-state index contributed by atoms with van der Waals surface area (Å²) in [5.41, 5.74) is 0.